The summed E-state index contributed by atoms with van der Waals surface area (Å²) >= 11 is 0. The number of carbonyl (C=O) groups excluding carboxylic acids is 2. The zero-order valence-electron chi connectivity index (χ0n) is 7.80. The van der Waals surface area contributed by atoms with Gasteiger partial charge in [0, 0.05) is 11.1 Å². The number of hydrogen-bond donors (Lipinski definition) is 1. The van der Waals surface area contributed by atoms with E-state index < -0.39 is 18.2 Å². The Labute approximate surface area is 85.8 Å². The first kappa shape index (κ1) is 9.51. The highest BCUT2D eigenvalue weighted by atomic mass is 16.8. The number of cyclic esters (lactones) is 2. The first-order valence-electron chi connectivity index (χ1n) is 4.40. The second kappa shape index (κ2) is 3.61. The summed E-state index contributed by atoms with van der Waals surface area (Å²) in [6.45, 7) is 0.114. The lowest BCUT2D eigenvalue weighted by Crippen LogP contribution is -2.16. The van der Waals surface area contributed by atoms with Gasteiger partial charge in [-0.05, 0) is 6.07 Å². The average molecular weight is 207 g/mol. The highest BCUT2D eigenvalue weighted by Gasteiger charge is 2.29. The van der Waals surface area contributed by atoms with E-state index in [-0.39, 0.29) is 6.61 Å². The van der Waals surface area contributed by atoms with E-state index in [1.807, 2.05) is 0 Å². The van der Waals surface area contributed by atoms with E-state index in [0.29, 0.717) is 11.1 Å². The van der Waals surface area contributed by atoms with Crippen LogP contribution in [0.3, 0.4) is 0 Å². The van der Waals surface area contributed by atoms with Crippen LogP contribution in [0.25, 0.3) is 0 Å². The molecule has 1 unspecified atom stereocenters. The lowest BCUT2D eigenvalue weighted by Gasteiger charge is -2.09. The summed E-state index contributed by atoms with van der Waals surface area (Å²) in [5, 5.41) is 0. The highest BCUT2D eigenvalue weighted by molar-refractivity contribution is 5.94. The maximum Gasteiger partial charge on any atom is 0.509 e. The molecule has 1 fully saturated rings. The molecule has 5 heteroatoms. The SMILES string of the molecule is NC(=O)c1ccccc1C1COC(=O)O1. The minimum atomic E-state index is -0.723. The van der Waals surface area contributed by atoms with Gasteiger partial charge in [0.05, 0.1) is 0 Å². The second-order valence-electron chi connectivity index (χ2n) is 3.12. The van der Waals surface area contributed by atoms with E-state index in [0.717, 1.165) is 0 Å². The number of amides is 1. The minimum absolute atomic E-state index is 0.114. The van der Waals surface area contributed by atoms with Gasteiger partial charge in [-0.25, -0.2) is 4.79 Å². The lowest BCUT2D eigenvalue weighted by atomic mass is 10.0. The molecule has 78 valence electrons. The number of nitrogens with two attached hydrogens (primary N) is 1. The Balaban J connectivity index is 2.35. The standard InChI is InChI=1S/C10H9NO4/c11-9(12)7-4-2-1-3-6(7)8-5-14-10(13)15-8/h1-4,8H,5H2,(H2,11,12). The van der Waals surface area contributed by atoms with Gasteiger partial charge in [0.2, 0.25) is 5.91 Å². The molecule has 1 atom stereocenters. The molecule has 0 saturated carbocycles. The number of ether oxygens (including phenoxy) is 2. The van der Waals surface area contributed by atoms with Crippen molar-refractivity contribution in [3.63, 3.8) is 0 Å². The van der Waals surface area contributed by atoms with E-state index in [1.165, 1.54) is 0 Å². The Morgan fingerprint density at radius 3 is 2.73 bits per heavy atom. The smallest absolute Gasteiger partial charge is 0.430 e. The van der Waals surface area contributed by atoms with Gasteiger partial charge in [0.1, 0.15) is 6.61 Å². The molecule has 1 heterocycles. The molecule has 1 aliphatic rings. The third-order valence-electron chi connectivity index (χ3n) is 2.16. The summed E-state index contributed by atoms with van der Waals surface area (Å²) in [7, 11) is 0. The van der Waals surface area contributed by atoms with E-state index >= 15 is 0 Å². The zero-order valence-corrected chi connectivity index (χ0v) is 7.80. The summed E-state index contributed by atoms with van der Waals surface area (Å²) in [4.78, 5) is 21.8. The van der Waals surface area contributed by atoms with Crippen molar-refractivity contribution in [1.29, 1.82) is 0 Å². The maximum atomic E-state index is 11.1. The predicted molar refractivity (Wildman–Crippen MR) is 50.1 cm³/mol. The first-order chi connectivity index (χ1) is 7.18. The molecule has 0 spiro atoms. The Bertz CT molecular complexity index is 416. The van der Waals surface area contributed by atoms with Crippen LogP contribution in [0.5, 0.6) is 0 Å². The Kier molecular flexibility index (Phi) is 2.29. The minimum Gasteiger partial charge on any atom is -0.430 e. The van der Waals surface area contributed by atoms with Crippen LogP contribution in [0, 0.1) is 0 Å². The number of primary amides is 1. The normalized spacial score (nSPS) is 19.5. The molecule has 2 rings (SSSR count). The van der Waals surface area contributed by atoms with Crippen molar-refractivity contribution in [2.75, 3.05) is 6.61 Å². The van der Waals surface area contributed by atoms with Gasteiger partial charge in [0.15, 0.2) is 6.10 Å². The molecule has 0 radical (unpaired) electrons. The Morgan fingerprint density at radius 1 is 1.40 bits per heavy atom. The number of carbonyl (C=O) groups is 2. The van der Waals surface area contributed by atoms with Crippen LogP contribution in [0.15, 0.2) is 24.3 Å². The van der Waals surface area contributed by atoms with Crippen molar-refractivity contribution in [2.24, 2.45) is 5.73 Å². The van der Waals surface area contributed by atoms with Crippen molar-refractivity contribution >= 4 is 12.1 Å². The lowest BCUT2D eigenvalue weighted by molar-refractivity contribution is 0.0988. The van der Waals surface area contributed by atoms with Crippen LogP contribution >= 0.6 is 0 Å². The second-order valence-corrected chi connectivity index (χ2v) is 3.12. The number of hydrogen-bond acceptors (Lipinski definition) is 4. The molecule has 5 nitrogen and oxygen atoms in total. The van der Waals surface area contributed by atoms with Crippen LogP contribution in [0.1, 0.15) is 22.0 Å². The first-order valence-corrected chi connectivity index (χ1v) is 4.40. The molecule has 1 aliphatic heterocycles. The fraction of sp³-hybridized carbons (Fsp3) is 0.200. The zero-order chi connectivity index (χ0) is 10.8. The molecular weight excluding hydrogens is 198 g/mol. The van der Waals surface area contributed by atoms with E-state index in [9.17, 15) is 9.59 Å². The molecule has 0 aliphatic carbocycles. The highest BCUT2D eigenvalue weighted by Crippen LogP contribution is 2.26. The average Bonchev–Trinajstić information content (AvgIpc) is 2.65. The van der Waals surface area contributed by atoms with Crippen molar-refractivity contribution in [2.45, 2.75) is 6.10 Å². The molecule has 1 aromatic carbocycles. The van der Waals surface area contributed by atoms with Gasteiger partial charge in [-0.3, -0.25) is 4.79 Å². The molecule has 0 bridgehead atoms. The molecule has 0 aromatic heterocycles. The molecule has 15 heavy (non-hydrogen) atoms. The van der Waals surface area contributed by atoms with E-state index in [1.54, 1.807) is 24.3 Å². The predicted octanol–water partition coefficient (Wildman–Crippen LogP) is 0.993. The largest absolute Gasteiger partial charge is 0.509 e. The molecule has 1 amide bonds. The van der Waals surface area contributed by atoms with Gasteiger partial charge in [-0.2, -0.15) is 0 Å². The topological polar surface area (TPSA) is 78.6 Å². The Morgan fingerprint density at radius 2 is 2.13 bits per heavy atom. The number of benzene rings is 1. The number of rotatable bonds is 2. The van der Waals surface area contributed by atoms with Gasteiger partial charge >= 0.3 is 6.16 Å². The van der Waals surface area contributed by atoms with Crippen molar-refractivity contribution < 1.29 is 19.1 Å². The molecule has 1 aromatic rings. The van der Waals surface area contributed by atoms with Gasteiger partial charge < -0.3 is 15.2 Å². The van der Waals surface area contributed by atoms with Crippen molar-refractivity contribution in [1.82, 2.24) is 0 Å². The third kappa shape index (κ3) is 1.76. The van der Waals surface area contributed by atoms with Gasteiger partial charge in [-0.1, -0.05) is 18.2 Å². The molecule has 1 saturated heterocycles. The van der Waals surface area contributed by atoms with Crippen LogP contribution < -0.4 is 5.73 Å². The van der Waals surface area contributed by atoms with Gasteiger partial charge in [0.25, 0.3) is 0 Å². The van der Waals surface area contributed by atoms with Gasteiger partial charge in [-0.15, -0.1) is 0 Å². The molecular formula is C10H9NO4. The fourth-order valence-corrected chi connectivity index (χ4v) is 1.48. The summed E-state index contributed by atoms with van der Waals surface area (Å²) in [6.07, 6.45) is -1.26. The van der Waals surface area contributed by atoms with E-state index in [2.05, 4.69) is 4.74 Å². The Hall–Kier alpha value is -2.04. The van der Waals surface area contributed by atoms with Crippen LogP contribution in [0.2, 0.25) is 0 Å². The molecule has 2 N–H and O–H groups in total. The van der Waals surface area contributed by atoms with Crippen LogP contribution in [-0.4, -0.2) is 18.7 Å². The monoisotopic (exact) mass is 207 g/mol. The quantitative estimate of drug-likeness (QED) is 0.733. The fourth-order valence-electron chi connectivity index (χ4n) is 1.48. The third-order valence-corrected chi connectivity index (χ3v) is 2.16. The summed E-state index contributed by atoms with van der Waals surface area (Å²) in [5.41, 5.74) is 6.12. The van der Waals surface area contributed by atoms with Crippen molar-refractivity contribution in [3.8, 4) is 0 Å². The summed E-state index contributed by atoms with van der Waals surface area (Å²) < 4.78 is 9.51. The van der Waals surface area contributed by atoms with Crippen LogP contribution in [0.4, 0.5) is 4.79 Å². The summed E-state index contributed by atoms with van der Waals surface area (Å²) in [6, 6.07) is 6.71. The van der Waals surface area contributed by atoms with Crippen molar-refractivity contribution in [3.05, 3.63) is 35.4 Å². The maximum absolute atomic E-state index is 11.1. The van der Waals surface area contributed by atoms with Crippen LogP contribution in [-0.2, 0) is 9.47 Å². The summed E-state index contributed by atoms with van der Waals surface area (Å²) in [5.74, 6) is -0.548. The van der Waals surface area contributed by atoms with E-state index in [4.69, 9.17) is 10.5 Å².